The number of aromatic nitrogens is 5. The summed E-state index contributed by atoms with van der Waals surface area (Å²) in [5.41, 5.74) is 2.86. The molecule has 0 radical (unpaired) electrons. The van der Waals surface area contributed by atoms with E-state index in [4.69, 9.17) is 9.47 Å². The van der Waals surface area contributed by atoms with Crippen LogP contribution in [-0.4, -0.2) is 38.3 Å². The Morgan fingerprint density at radius 2 is 2.08 bits per heavy atom. The van der Waals surface area contributed by atoms with Gasteiger partial charge in [0.1, 0.15) is 5.75 Å². The second kappa shape index (κ2) is 7.12. The number of hydrogen-bond acceptors (Lipinski definition) is 6. The van der Waals surface area contributed by atoms with E-state index in [2.05, 4.69) is 33.2 Å². The van der Waals surface area contributed by atoms with Crippen LogP contribution in [0.4, 0.5) is 0 Å². The van der Waals surface area contributed by atoms with Gasteiger partial charge in [-0.3, -0.25) is 4.98 Å². The van der Waals surface area contributed by atoms with Crippen molar-refractivity contribution in [3.05, 3.63) is 49.1 Å². The Morgan fingerprint density at radius 3 is 2.80 bits per heavy atom. The number of pyridine rings is 1. The van der Waals surface area contributed by atoms with Crippen molar-refractivity contribution in [2.45, 2.75) is 13.3 Å². The Bertz CT molecular complexity index is 933. The number of nitrogens with zero attached hydrogens (tertiary/aromatic N) is 5. The molecule has 0 bridgehead atoms. The Hall–Kier alpha value is -3.22. The molecule has 3 aromatic rings. The molecule has 0 saturated carbocycles. The largest absolute Gasteiger partial charge is 0.494 e. The van der Waals surface area contributed by atoms with Crippen LogP contribution in [-0.2, 0) is 0 Å². The van der Waals surface area contributed by atoms with E-state index in [9.17, 15) is 0 Å². The van der Waals surface area contributed by atoms with Crippen molar-refractivity contribution in [2.75, 3.05) is 13.7 Å². The molecule has 25 heavy (non-hydrogen) atoms. The molecule has 0 spiro atoms. The lowest BCUT2D eigenvalue weighted by atomic mass is 10.2. The quantitative estimate of drug-likeness (QED) is 0.487. The van der Waals surface area contributed by atoms with Crippen LogP contribution in [0.2, 0.25) is 0 Å². The van der Waals surface area contributed by atoms with Crippen LogP contribution in [0, 0.1) is 6.92 Å². The maximum absolute atomic E-state index is 5.78. The van der Waals surface area contributed by atoms with Crippen molar-refractivity contribution in [3.63, 3.8) is 0 Å². The van der Waals surface area contributed by atoms with Crippen molar-refractivity contribution in [1.29, 1.82) is 0 Å². The van der Waals surface area contributed by atoms with E-state index >= 15 is 0 Å². The molecule has 3 rings (SSSR count). The standard InChI is InChI=1S/C18H19N5O2/c1-5-7-8-25-18-17-20-10-12(3)23(17)22-16(21-18)14-9-13(6-2)19-11-15(14)24-4/h5-6,9-11H,1-2,7-8H2,3-4H3. The zero-order valence-electron chi connectivity index (χ0n) is 14.3. The van der Waals surface area contributed by atoms with Gasteiger partial charge >= 0.3 is 0 Å². The Labute approximate surface area is 145 Å². The van der Waals surface area contributed by atoms with Crippen molar-refractivity contribution < 1.29 is 9.47 Å². The highest BCUT2D eigenvalue weighted by molar-refractivity contribution is 5.68. The summed E-state index contributed by atoms with van der Waals surface area (Å²) in [5, 5.41) is 4.58. The average Bonchev–Trinajstić information content (AvgIpc) is 3.02. The van der Waals surface area contributed by atoms with Crippen LogP contribution < -0.4 is 9.47 Å². The fourth-order valence-electron chi connectivity index (χ4n) is 2.32. The van der Waals surface area contributed by atoms with E-state index in [0.29, 0.717) is 47.4 Å². The van der Waals surface area contributed by atoms with Crippen LogP contribution in [0.1, 0.15) is 17.8 Å². The second-order valence-corrected chi connectivity index (χ2v) is 5.31. The van der Waals surface area contributed by atoms with Gasteiger partial charge in [0.15, 0.2) is 5.82 Å². The topological polar surface area (TPSA) is 74.4 Å². The third-order valence-corrected chi connectivity index (χ3v) is 3.62. The van der Waals surface area contributed by atoms with E-state index in [0.717, 1.165) is 5.69 Å². The maximum atomic E-state index is 5.78. The van der Waals surface area contributed by atoms with E-state index in [1.807, 2.05) is 13.0 Å². The van der Waals surface area contributed by atoms with Gasteiger partial charge in [-0.25, -0.2) is 9.50 Å². The first-order valence-corrected chi connectivity index (χ1v) is 7.80. The fraction of sp³-hybridized carbons (Fsp3) is 0.222. The molecule has 0 saturated heterocycles. The smallest absolute Gasteiger partial charge is 0.261 e. The Kier molecular flexibility index (Phi) is 4.74. The van der Waals surface area contributed by atoms with Gasteiger partial charge in [-0.2, -0.15) is 4.98 Å². The minimum absolute atomic E-state index is 0.416. The van der Waals surface area contributed by atoms with Crippen LogP contribution in [0.15, 0.2) is 37.7 Å². The van der Waals surface area contributed by atoms with E-state index in [1.165, 1.54) is 0 Å². The summed E-state index contributed by atoms with van der Waals surface area (Å²) in [7, 11) is 1.58. The first-order valence-electron chi connectivity index (χ1n) is 7.80. The maximum Gasteiger partial charge on any atom is 0.261 e. The lowest BCUT2D eigenvalue weighted by molar-refractivity contribution is 0.313. The molecule has 0 fully saturated rings. The van der Waals surface area contributed by atoms with Gasteiger partial charge in [-0.05, 0) is 25.5 Å². The minimum Gasteiger partial charge on any atom is -0.494 e. The highest BCUT2D eigenvalue weighted by Gasteiger charge is 2.17. The summed E-state index contributed by atoms with van der Waals surface area (Å²) in [6.45, 7) is 9.83. The number of methoxy groups -OCH3 is 1. The normalized spacial score (nSPS) is 10.6. The van der Waals surface area contributed by atoms with Gasteiger partial charge in [-0.1, -0.05) is 12.7 Å². The summed E-state index contributed by atoms with van der Waals surface area (Å²) in [4.78, 5) is 13.1. The molecule has 3 heterocycles. The van der Waals surface area contributed by atoms with E-state index in [1.54, 1.807) is 36.2 Å². The first-order chi connectivity index (χ1) is 12.2. The second-order valence-electron chi connectivity index (χ2n) is 5.31. The molecular weight excluding hydrogens is 318 g/mol. The van der Waals surface area contributed by atoms with Gasteiger partial charge < -0.3 is 9.47 Å². The lowest BCUT2D eigenvalue weighted by Gasteiger charge is -2.11. The van der Waals surface area contributed by atoms with Crippen LogP contribution in [0.3, 0.4) is 0 Å². The average molecular weight is 337 g/mol. The lowest BCUT2D eigenvalue weighted by Crippen LogP contribution is -2.07. The summed E-state index contributed by atoms with van der Waals surface area (Å²) in [6.07, 6.45) is 7.51. The van der Waals surface area contributed by atoms with Gasteiger partial charge in [0.25, 0.3) is 5.88 Å². The molecular formula is C18H19N5O2. The molecule has 0 atom stereocenters. The zero-order chi connectivity index (χ0) is 17.8. The first kappa shape index (κ1) is 16.6. The number of rotatable bonds is 7. The van der Waals surface area contributed by atoms with Crippen LogP contribution >= 0.6 is 0 Å². The number of fused-ring (bicyclic) bond motifs is 1. The molecule has 7 heteroatoms. The number of aryl methyl sites for hydroxylation is 1. The summed E-state index contributed by atoms with van der Waals surface area (Å²) in [6, 6.07) is 1.83. The highest BCUT2D eigenvalue weighted by Crippen LogP contribution is 2.29. The fourth-order valence-corrected chi connectivity index (χ4v) is 2.32. The summed E-state index contributed by atoms with van der Waals surface area (Å²) in [5.74, 6) is 1.45. The van der Waals surface area contributed by atoms with Gasteiger partial charge in [0.2, 0.25) is 5.65 Å². The molecule has 3 aromatic heterocycles. The molecule has 0 N–H and O–H groups in total. The molecule has 128 valence electrons. The minimum atomic E-state index is 0.416. The van der Waals surface area contributed by atoms with Crippen molar-refractivity contribution >= 4 is 11.7 Å². The number of imidazole rings is 1. The van der Waals surface area contributed by atoms with E-state index < -0.39 is 0 Å². The Morgan fingerprint density at radius 1 is 1.24 bits per heavy atom. The third kappa shape index (κ3) is 3.21. The van der Waals surface area contributed by atoms with Gasteiger partial charge in [0.05, 0.1) is 43.1 Å². The van der Waals surface area contributed by atoms with Crippen LogP contribution in [0.25, 0.3) is 23.1 Å². The number of ether oxygens (including phenoxy) is 2. The van der Waals surface area contributed by atoms with Crippen LogP contribution in [0.5, 0.6) is 11.6 Å². The molecule has 0 unspecified atom stereocenters. The third-order valence-electron chi connectivity index (χ3n) is 3.62. The highest BCUT2D eigenvalue weighted by atomic mass is 16.5. The van der Waals surface area contributed by atoms with Gasteiger partial charge in [0, 0.05) is 0 Å². The predicted molar refractivity (Wildman–Crippen MR) is 95.7 cm³/mol. The Balaban J connectivity index is 2.17. The molecule has 0 amide bonds. The molecule has 0 aliphatic heterocycles. The van der Waals surface area contributed by atoms with Crippen molar-refractivity contribution in [1.82, 2.24) is 24.6 Å². The van der Waals surface area contributed by atoms with Gasteiger partial charge in [-0.15, -0.1) is 11.7 Å². The zero-order valence-corrected chi connectivity index (χ0v) is 14.3. The van der Waals surface area contributed by atoms with E-state index in [-0.39, 0.29) is 0 Å². The van der Waals surface area contributed by atoms with Crippen molar-refractivity contribution in [2.24, 2.45) is 0 Å². The predicted octanol–water partition coefficient (Wildman–Crippen LogP) is 3.10. The monoisotopic (exact) mass is 337 g/mol. The van der Waals surface area contributed by atoms with Crippen molar-refractivity contribution in [3.8, 4) is 23.0 Å². The molecule has 0 aromatic carbocycles. The molecule has 7 nitrogen and oxygen atoms in total. The summed E-state index contributed by atoms with van der Waals surface area (Å²) < 4.78 is 12.9. The molecule has 0 aliphatic rings. The molecule has 0 aliphatic carbocycles. The summed E-state index contributed by atoms with van der Waals surface area (Å²) >= 11 is 0. The number of hydrogen-bond donors (Lipinski definition) is 0. The SMILES string of the molecule is C=CCCOc1nc(-c2cc(C=C)ncc2OC)nn2c(C)cnc12.